The fourth-order valence-electron chi connectivity index (χ4n) is 2.29. The molecule has 0 aliphatic carbocycles. The van der Waals surface area contributed by atoms with Crippen LogP contribution in [0.15, 0.2) is 0 Å². The van der Waals surface area contributed by atoms with Crippen molar-refractivity contribution >= 4 is 16.2 Å². The van der Waals surface area contributed by atoms with Gasteiger partial charge in [-0.3, -0.25) is 4.79 Å². The number of methoxy groups -OCH3 is 2. The highest BCUT2D eigenvalue weighted by Crippen LogP contribution is 2.16. The number of carbonyl (C=O) groups excluding carboxylic acids is 1. The van der Waals surface area contributed by atoms with E-state index in [4.69, 9.17) is 4.74 Å². The monoisotopic (exact) mass is 322 g/mol. The smallest absolute Gasteiger partial charge is 0.306 e. The van der Waals surface area contributed by atoms with Crippen molar-refractivity contribution in [2.75, 3.05) is 47.0 Å². The van der Waals surface area contributed by atoms with Gasteiger partial charge in [-0.25, -0.2) is 0 Å². The predicted molar refractivity (Wildman–Crippen MR) is 79.0 cm³/mol. The molecule has 0 spiro atoms. The van der Waals surface area contributed by atoms with Gasteiger partial charge in [0.05, 0.1) is 20.1 Å². The summed E-state index contributed by atoms with van der Waals surface area (Å²) in [5.41, 5.74) is 0. The molecule has 0 aromatic rings. The summed E-state index contributed by atoms with van der Waals surface area (Å²) in [6.45, 7) is 1.75. The molecule has 124 valence electrons. The van der Waals surface area contributed by atoms with Gasteiger partial charge >= 0.3 is 5.97 Å². The molecule has 0 amide bonds. The normalized spacial score (nSPS) is 17.7. The summed E-state index contributed by atoms with van der Waals surface area (Å²) in [6.07, 6.45) is 3.94. The van der Waals surface area contributed by atoms with E-state index in [-0.39, 0.29) is 19.5 Å². The van der Waals surface area contributed by atoms with Gasteiger partial charge in [-0.05, 0) is 12.8 Å². The number of nitrogens with zero attached hydrogens (tertiary/aromatic N) is 2. The Bertz CT molecular complexity index is 405. The molecule has 0 N–H and O–H groups in total. The molecule has 1 saturated heterocycles. The van der Waals surface area contributed by atoms with Crippen LogP contribution in [-0.4, -0.2) is 70.0 Å². The standard InChI is InChI=1S/C13H26N2O5S/c1-19-12-11-15(10-7-13(16)20-2)21(17,18)14-8-5-3-4-6-9-14/h3-12H2,1-2H3. The van der Waals surface area contributed by atoms with Gasteiger partial charge in [0.1, 0.15) is 0 Å². The quantitative estimate of drug-likeness (QED) is 0.612. The van der Waals surface area contributed by atoms with Crippen molar-refractivity contribution in [2.45, 2.75) is 32.1 Å². The number of hydrogen-bond acceptors (Lipinski definition) is 5. The van der Waals surface area contributed by atoms with Gasteiger partial charge in [-0.15, -0.1) is 0 Å². The van der Waals surface area contributed by atoms with E-state index in [0.717, 1.165) is 25.7 Å². The van der Waals surface area contributed by atoms with Crippen molar-refractivity contribution < 1.29 is 22.7 Å². The van der Waals surface area contributed by atoms with Gasteiger partial charge in [0.25, 0.3) is 10.2 Å². The zero-order chi connectivity index (χ0) is 15.7. The minimum absolute atomic E-state index is 0.0489. The Kier molecular flexibility index (Phi) is 8.16. The second-order valence-electron chi connectivity index (χ2n) is 5.04. The average molecular weight is 322 g/mol. The number of esters is 1. The number of rotatable bonds is 8. The van der Waals surface area contributed by atoms with Gasteiger partial charge in [0, 0.05) is 33.3 Å². The van der Waals surface area contributed by atoms with E-state index in [1.165, 1.54) is 22.8 Å². The molecule has 0 aromatic carbocycles. The maximum absolute atomic E-state index is 12.7. The van der Waals surface area contributed by atoms with Gasteiger partial charge in [-0.1, -0.05) is 12.8 Å². The fourth-order valence-corrected chi connectivity index (χ4v) is 3.96. The topological polar surface area (TPSA) is 76.1 Å². The molecule has 1 rings (SSSR count). The third-order valence-electron chi connectivity index (χ3n) is 3.56. The summed E-state index contributed by atoms with van der Waals surface area (Å²) in [5, 5.41) is 0. The first-order valence-corrected chi connectivity index (χ1v) is 8.73. The van der Waals surface area contributed by atoms with Crippen LogP contribution in [0.4, 0.5) is 0 Å². The zero-order valence-corrected chi connectivity index (χ0v) is 13.7. The molecule has 1 fully saturated rings. The van der Waals surface area contributed by atoms with E-state index >= 15 is 0 Å². The Morgan fingerprint density at radius 1 is 1.10 bits per heavy atom. The van der Waals surface area contributed by atoms with Crippen LogP contribution < -0.4 is 0 Å². The van der Waals surface area contributed by atoms with Crippen LogP contribution in [0.2, 0.25) is 0 Å². The van der Waals surface area contributed by atoms with Gasteiger partial charge < -0.3 is 9.47 Å². The molecule has 0 bridgehead atoms. The lowest BCUT2D eigenvalue weighted by molar-refractivity contribution is -0.140. The third-order valence-corrected chi connectivity index (χ3v) is 5.59. The second-order valence-corrected chi connectivity index (χ2v) is 6.97. The van der Waals surface area contributed by atoms with Gasteiger partial charge in [0.15, 0.2) is 0 Å². The van der Waals surface area contributed by atoms with Crippen LogP contribution in [0.5, 0.6) is 0 Å². The van der Waals surface area contributed by atoms with E-state index in [0.29, 0.717) is 19.7 Å². The van der Waals surface area contributed by atoms with Crippen LogP contribution in [-0.2, 0) is 24.5 Å². The maximum atomic E-state index is 12.7. The molecule has 0 aromatic heterocycles. The van der Waals surface area contributed by atoms with Crippen molar-refractivity contribution in [3.05, 3.63) is 0 Å². The van der Waals surface area contributed by atoms with E-state index in [9.17, 15) is 13.2 Å². The van der Waals surface area contributed by atoms with E-state index in [2.05, 4.69) is 4.74 Å². The average Bonchev–Trinajstić information content (AvgIpc) is 2.76. The molecule has 1 aliphatic heterocycles. The number of hydrogen-bond donors (Lipinski definition) is 0. The molecule has 0 unspecified atom stereocenters. The zero-order valence-electron chi connectivity index (χ0n) is 12.9. The second kappa shape index (κ2) is 9.34. The van der Waals surface area contributed by atoms with Crippen LogP contribution in [0.25, 0.3) is 0 Å². The number of ether oxygens (including phenoxy) is 2. The van der Waals surface area contributed by atoms with Crippen molar-refractivity contribution in [1.82, 2.24) is 8.61 Å². The molecular formula is C13H26N2O5S. The molecule has 1 heterocycles. The minimum atomic E-state index is -3.54. The summed E-state index contributed by atoms with van der Waals surface area (Å²) in [6, 6.07) is 0. The summed E-state index contributed by atoms with van der Waals surface area (Å²) in [5.74, 6) is -0.413. The summed E-state index contributed by atoms with van der Waals surface area (Å²) in [7, 11) is -0.723. The molecular weight excluding hydrogens is 296 g/mol. The van der Waals surface area contributed by atoms with E-state index in [1.807, 2.05) is 0 Å². The minimum Gasteiger partial charge on any atom is -0.469 e. The SMILES string of the molecule is COCCN(CCC(=O)OC)S(=O)(=O)N1CCCCCC1. The first-order chi connectivity index (χ1) is 10.0. The Morgan fingerprint density at radius 2 is 1.71 bits per heavy atom. The first kappa shape index (κ1) is 18.3. The maximum Gasteiger partial charge on any atom is 0.306 e. The molecule has 0 saturated carbocycles. The van der Waals surface area contributed by atoms with Crippen molar-refractivity contribution in [2.24, 2.45) is 0 Å². The highest BCUT2D eigenvalue weighted by Gasteiger charge is 2.30. The van der Waals surface area contributed by atoms with Crippen molar-refractivity contribution in [1.29, 1.82) is 0 Å². The molecule has 21 heavy (non-hydrogen) atoms. The van der Waals surface area contributed by atoms with E-state index < -0.39 is 16.2 Å². The third kappa shape index (κ3) is 5.90. The lowest BCUT2D eigenvalue weighted by Crippen LogP contribution is -2.46. The molecule has 8 heteroatoms. The van der Waals surface area contributed by atoms with Crippen LogP contribution >= 0.6 is 0 Å². The first-order valence-electron chi connectivity index (χ1n) is 7.33. The summed E-state index contributed by atoms with van der Waals surface area (Å²) in [4.78, 5) is 11.3. The molecule has 0 radical (unpaired) electrons. The van der Waals surface area contributed by atoms with Crippen molar-refractivity contribution in [3.63, 3.8) is 0 Å². The molecule has 7 nitrogen and oxygen atoms in total. The Labute approximate surface area is 127 Å². The molecule has 0 atom stereocenters. The number of carbonyl (C=O) groups is 1. The highest BCUT2D eigenvalue weighted by molar-refractivity contribution is 7.86. The predicted octanol–water partition coefficient (Wildman–Crippen LogP) is 0.619. The Hall–Kier alpha value is -0.700. The molecule has 1 aliphatic rings. The lowest BCUT2D eigenvalue weighted by Gasteiger charge is -2.28. The largest absolute Gasteiger partial charge is 0.469 e. The van der Waals surface area contributed by atoms with E-state index in [1.54, 1.807) is 0 Å². The summed E-state index contributed by atoms with van der Waals surface area (Å²) >= 11 is 0. The van der Waals surface area contributed by atoms with Crippen LogP contribution in [0.1, 0.15) is 32.1 Å². The Balaban J connectivity index is 2.74. The van der Waals surface area contributed by atoms with Gasteiger partial charge in [0.2, 0.25) is 0 Å². The van der Waals surface area contributed by atoms with Crippen molar-refractivity contribution in [3.8, 4) is 0 Å². The van der Waals surface area contributed by atoms with Crippen LogP contribution in [0, 0.1) is 0 Å². The summed E-state index contributed by atoms with van der Waals surface area (Å²) < 4.78 is 37.8. The van der Waals surface area contributed by atoms with Crippen LogP contribution in [0.3, 0.4) is 0 Å². The van der Waals surface area contributed by atoms with Gasteiger partial charge in [-0.2, -0.15) is 17.0 Å². The Morgan fingerprint density at radius 3 is 2.24 bits per heavy atom. The highest BCUT2D eigenvalue weighted by atomic mass is 32.2. The lowest BCUT2D eigenvalue weighted by atomic mass is 10.2. The fraction of sp³-hybridized carbons (Fsp3) is 0.923.